The van der Waals surface area contributed by atoms with E-state index in [-0.39, 0.29) is 5.91 Å². The van der Waals surface area contributed by atoms with Crippen molar-refractivity contribution >= 4 is 23.2 Å². The first-order valence-electron chi connectivity index (χ1n) is 7.77. The zero-order valence-electron chi connectivity index (χ0n) is 13.4. The number of nitrogens with zero attached hydrogens (tertiary/aromatic N) is 4. The first-order chi connectivity index (χ1) is 12.7. The number of aromatic nitrogens is 5. The van der Waals surface area contributed by atoms with Gasteiger partial charge in [0.2, 0.25) is 0 Å². The predicted molar refractivity (Wildman–Crippen MR) is 98.3 cm³/mol. The normalized spacial score (nSPS) is 10.7. The first-order valence-corrected chi connectivity index (χ1v) is 8.15. The molecule has 2 aromatic heterocycles. The van der Waals surface area contributed by atoms with Gasteiger partial charge in [-0.25, -0.2) is 0 Å². The third-order valence-electron chi connectivity index (χ3n) is 3.87. The number of halogens is 1. The molecule has 2 aromatic carbocycles. The molecule has 0 aliphatic carbocycles. The highest BCUT2D eigenvalue weighted by atomic mass is 35.5. The minimum absolute atomic E-state index is 0.272. The van der Waals surface area contributed by atoms with Crippen LogP contribution in [0.3, 0.4) is 0 Å². The van der Waals surface area contributed by atoms with Gasteiger partial charge in [-0.1, -0.05) is 29.8 Å². The average molecular weight is 365 g/mol. The maximum atomic E-state index is 12.7. The lowest BCUT2D eigenvalue weighted by molar-refractivity contribution is 0.102. The maximum absolute atomic E-state index is 12.7. The van der Waals surface area contributed by atoms with Crippen molar-refractivity contribution in [2.75, 3.05) is 5.32 Å². The van der Waals surface area contributed by atoms with E-state index in [4.69, 9.17) is 11.6 Å². The smallest absolute Gasteiger partial charge is 0.259 e. The Morgan fingerprint density at radius 1 is 1.04 bits per heavy atom. The van der Waals surface area contributed by atoms with Gasteiger partial charge in [0.05, 0.1) is 17.5 Å². The molecular formula is C18H13ClN6O. The summed E-state index contributed by atoms with van der Waals surface area (Å²) < 4.78 is 1.77. The second-order valence-electron chi connectivity index (χ2n) is 5.51. The fourth-order valence-corrected chi connectivity index (χ4v) is 2.81. The summed E-state index contributed by atoms with van der Waals surface area (Å²) in [4.78, 5) is 12.7. The van der Waals surface area contributed by atoms with Gasteiger partial charge < -0.3 is 5.32 Å². The Bertz CT molecular complexity index is 1040. The van der Waals surface area contributed by atoms with Crippen LogP contribution in [-0.2, 0) is 0 Å². The van der Waals surface area contributed by atoms with E-state index in [1.165, 1.54) is 6.20 Å². The lowest BCUT2D eigenvalue weighted by Gasteiger charge is -2.08. The van der Waals surface area contributed by atoms with E-state index >= 15 is 0 Å². The highest BCUT2D eigenvalue weighted by molar-refractivity contribution is 6.33. The van der Waals surface area contributed by atoms with Gasteiger partial charge in [0.1, 0.15) is 12.7 Å². The Morgan fingerprint density at radius 2 is 1.77 bits per heavy atom. The molecule has 0 bridgehead atoms. The Balaban J connectivity index is 1.56. The molecule has 128 valence electrons. The molecule has 0 saturated heterocycles. The Hall–Kier alpha value is -3.45. The van der Waals surface area contributed by atoms with E-state index < -0.39 is 0 Å². The summed E-state index contributed by atoms with van der Waals surface area (Å²) >= 11 is 6.23. The zero-order valence-corrected chi connectivity index (χ0v) is 14.2. The monoisotopic (exact) mass is 364 g/mol. The van der Waals surface area contributed by atoms with Crippen LogP contribution in [0, 0.1) is 0 Å². The minimum Gasteiger partial charge on any atom is -0.322 e. The lowest BCUT2D eigenvalue weighted by Crippen LogP contribution is -2.12. The van der Waals surface area contributed by atoms with Gasteiger partial charge in [-0.15, -0.1) is 10.2 Å². The number of hydrogen-bond donors (Lipinski definition) is 2. The first kappa shape index (κ1) is 16.0. The summed E-state index contributed by atoms with van der Waals surface area (Å²) in [5.74, 6) is -0.272. The van der Waals surface area contributed by atoms with Crippen LogP contribution in [0.4, 0.5) is 5.69 Å². The molecule has 0 spiro atoms. The van der Waals surface area contributed by atoms with Crippen molar-refractivity contribution in [1.82, 2.24) is 25.0 Å². The largest absolute Gasteiger partial charge is 0.322 e. The van der Waals surface area contributed by atoms with E-state index in [1.54, 1.807) is 23.3 Å². The number of hydrogen-bond acceptors (Lipinski definition) is 4. The molecule has 1 amide bonds. The van der Waals surface area contributed by atoms with Gasteiger partial charge in [-0.2, -0.15) is 5.10 Å². The van der Waals surface area contributed by atoms with Crippen LogP contribution in [0.2, 0.25) is 5.02 Å². The molecule has 0 radical (unpaired) electrons. The molecular weight excluding hydrogens is 352 g/mol. The second-order valence-corrected chi connectivity index (χ2v) is 5.92. The van der Waals surface area contributed by atoms with Crippen LogP contribution < -0.4 is 5.32 Å². The van der Waals surface area contributed by atoms with E-state index in [2.05, 4.69) is 25.7 Å². The summed E-state index contributed by atoms with van der Waals surface area (Å²) in [6.07, 6.45) is 4.70. The molecule has 26 heavy (non-hydrogen) atoms. The number of amides is 1. The van der Waals surface area contributed by atoms with Gasteiger partial charge in [0.25, 0.3) is 5.91 Å². The van der Waals surface area contributed by atoms with Crippen LogP contribution in [0.25, 0.3) is 16.9 Å². The number of carbonyl (C=O) groups excluding carboxylic acids is 1. The zero-order chi connectivity index (χ0) is 17.9. The average Bonchev–Trinajstić information content (AvgIpc) is 3.35. The van der Waals surface area contributed by atoms with E-state index in [9.17, 15) is 4.79 Å². The Labute approximate surface area is 153 Å². The molecule has 7 nitrogen and oxygen atoms in total. The summed E-state index contributed by atoms with van der Waals surface area (Å²) in [7, 11) is 0. The van der Waals surface area contributed by atoms with Crippen LogP contribution in [0.1, 0.15) is 10.4 Å². The number of aromatic amines is 1. The molecule has 0 saturated carbocycles. The molecule has 8 heteroatoms. The SMILES string of the molecule is O=C(Nc1ccc(-n2cnnc2)cc1)c1cn[nH]c1-c1ccccc1Cl. The summed E-state index contributed by atoms with van der Waals surface area (Å²) in [6.45, 7) is 0. The lowest BCUT2D eigenvalue weighted by atomic mass is 10.1. The number of carbonyl (C=O) groups is 1. The number of H-pyrrole nitrogens is 1. The third-order valence-corrected chi connectivity index (χ3v) is 4.20. The summed E-state index contributed by atoms with van der Waals surface area (Å²) in [5.41, 5.74) is 3.28. The van der Waals surface area contributed by atoms with Crippen molar-refractivity contribution in [3.8, 4) is 16.9 Å². The van der Waals surface area contributed by atoms with Gasteiger partial charge in [-0.05, 0) is 30.3 Å². The van der Waals surface area contributed by atoms with Crippen molar-refractivity contribution in [3.63, 3.8) is 0 Å². The molecule has 2 N–H and O–H groups in total. The van der Waals surface area contributed by atoms with Gasteiger partial charge in [0.15, 0.2) is 0 Å². The molecule has 2 heterocycles. The second kappa shape index (κ2) is 6.81. The van der Waals surface area contributed by atoms with Crippen molar-refractivity contribution in [1.29, 1.82) is 0 Å². The van der Waals surface area contributed by atoms with Crippen LogP contribution in [-0.4, -0.2) is 30.9 Å². The van der Waals surface area contributed by atoms with Crippen molar-refractivity contribution in [3.05, 3.63) is 78.0 Å². The van der Waals surface area contributed by atoms with Crippen LogP contribution in [0.5, 0.6) is 0 Å². The molecule has 0 unspecified atom stereocenters. The molecule has 0 aliphatic rings. The molecule has 0 aliphatic heterocycles. The van der Waals surface area contributed by atoms with Crippen LogP contribution in [0.15, 0.2) is 67.4 Å². The van der Waals surface area contributed by atoms with Crippen molar-refractivity contribution < 1.29 is 4.79 Å². The Kier molecular flexibility index (Phi) is 4.20. The van der Waals surface area contributed by atoms with Crippen molar-refractivity contribution in [2.24, 2.45) is 0 Å². The summed E-state index contributed by atoms with van der Waals surface area (Å²) in [6, 6.07) is 14.6. The fourth-order valence-electron chi connectivity index (χ4n) is 2.58. The van der Waals surface area contributed by atoms with Gasteiger partial charge in [0, 0.05) is 22.0 Å². The topological polar surface area (TPSA) is 88.5 Å². The van der Waals surface area contributed by atoms with E-state index in [0.717, 1.165) is 11.3 Å². The van der Waals surface area contributed by atoms with Gasteiger partial charge >= 0.3 is 0 Å². The molecule has 4 rings (SSSR count). The number of benzene rings is 2. The minimum atomic E-state index is -0.272. The quantitative estimate of drug-likeness (QED) is 0.579. The predicted octanol–water partition coefficient (Wildman–Crippen LogP) is 3.56. The molecule has 0 atom stereocenters. The van der Waals surface area contributed by atoms with E-state index in [1.807, 2.05) is 42.5 Å². The highest BCUT2D eigenvalue weighted by Crippen LogP contribution is 2.28. The number of nitrogens with one attached hydrogen (secondary N) is 2. The van der Waals surface area contributed by atoms with Crippen LogP contribution >= 0.6 is 11.6 Å². The Morgan fingerprint density at radius 3 is 2.50 bits per heavy atom. The van der Waals surface area contributed by atoms with E-state index in [0.29, 0.717) is 22.0 Å². The maximum Gasteiger partial charge on any atom is 0.259 e. The van der Waals surface area contributed by atoms with Crippen molar-refractivity contribution in [2.45, 2.75) is 0 Å². The third kappa shape index (κ3) is 3.07. The highest BCUT2D eigenvalue weighted by Gasteiger charge is 2.17. The fraction of sp³-hybridized carbons (Fsp3) is 0. The molecule has 4 aromatic rings. The molecule has 0 fully saturated rings. The number of anilines is 1. The standard InChI is InChI=1S/C18H13ClN6O/c19-16-4-2-1-3-14(16)17-15(9-20-24-17)18(26)23-12-5-7-13(8-6-12)25-10-21-22-11-25/h1-11H,(H,20,24)(H,23,26). The number of rotatable bonds is 4. The summed E-state index contributed by atoms with van der Waals surface area (Å²) in [5, 5.41) is 17.8. The van der Waals surface area contributed by atoms with Gasteiger partial charge in [-0.3, -0.25) is 14.5 Å².